The fraction of sp³-hybridized carbons (Fsp3) is 0.146. The van der Waals surface area contributed by atoms with E-state index in [-0.39, 0.29) is 24.3 Å². The predicted octanol–water partition coefficient (Wildman–Crippen LogP) is 8.11. The van der Waals surface area contributed by atoms with Gasteiger partial charge in [0.2, 0.25) is 0 Å². The molecule has 4 atom stereocenters. The highest BCUT2D eigenvalue weighted by molar-refractivity contribution is 5.93. The Labute approximate surface area is 275 Å². The molecule has 232 valence electrons. The minimum absolute atomic E-state index is 0.00490. The predicted molar refractivity (Wildman–Crippen MR) is 196 cm³/mol. The first-order chi connectivity index (χ1) is 23.2. The zero-order valence-corrected chi connectivity index (χ0v) is 26.1. The molecule has 2 aliphatic heterocycles. The Kier molecular flexibility index (Phi) is 7.46. The van der Waals surface area contributed by atoms with E-state index in [2.05, 4.69) is 131 Å². The van der Waals surface area contributed by atoms with Gasteiger partial charge < -0.3 is 27.0 Å². The van der Waals surface area contributed by atoms with Gasteiger partial charge in [0, 0.05) is 34.9 Å². The molecule has 4 unspecified atom stereocenters. The molecular weight excluding hydrogens is 576 g/mol. The summed E-state index contributed by atoms with van der Waals surface area (Å²) in [5.74, 6) is 0. The van der Waals surface area contributed by atoms with Gasteiger partial charge in [0.05, 0.1) is 29.5 Å². The molecule has 6 nitrogen and oxygen atoms in total. The van der Waals surface area contributed by atoms with E-state index in [9.17, 15) is 0 Å². The number of anilines is 3. The molecule has 0 bridgehead atoms. The summed E-state index contributed by atoms with van der Waals surface area (Å²) in [6, 6.07) is 42.4. The van der Waals surface area contributed by atoms with Crippen molar-refractivity contribution in [1.82, 2.24) is 5.32 Å². The third-order valence-electron chi connectivity index (χ3n) is 9.71. The van der Waals surface area contributed by atoms with Crippen LogP contribution in [-0.2, 0) is 0 Å². The average molecular weight is 615 g/mol. The first kappa shape index (κ1) is 28.7. The number of nitrogens with two attached hydrogens (primary N) is 2. The molecule has 6 heteroatoms. The largest absolute Gasteiger partial charge is 0.404 e. The number of nitrogens with one attached hydrogen (secondary N) is 2. The molecule has 47 heavy (non-hydrogen) atoms. The molecule has 6 N–H and O–H groups in total. The summed E-state index contributed by atoms with van der Waals surface area (Å²) in [5, 5.41) is 9.88. The van der Waals surface area contributed by atoms with E-state index in [0.29, 0.717) is 0 Å². The molecule has 1 saturated carbocycles. The summed E-state index contributed by atoms with van der Waals surface area (Å²) < 4.78 is 0. The van der Waals surface area contributed by atoms with Gasteiger partial charge >= 0.3 is 0 Å². The molecule has 1 fully saturated rings. The van der Waals surface area contributed by atoms with Crippen LogP contribution < -0.4 is 27.0 Å². The summed E-state index contributed by atoms with van der Waals surface area (Å²) >= 11 is 0. The van der Waals surface area contributed by atoms with Gasteiger partial charge in [0.1, 0.15) is 6.17 Å². The van der Waals surface area contributed by atoms with Gasteiger partial charge in [-0.15, -0.1) is 0 Å². The molecule has 0 radical (unpaired) electrons. The lowest BCUT2D eigenvalue weighted by Crippen LogP contribution is -2.51. The number of nitrogens with zero attached hydrogens (tertiary/aromatic N) is 2. The van der Waals surface area contributed by atoms with E-state index in [1.54, 1.807) is 6.20 Å². The molecule has 3 aliphatic rings. The van der Waals surface area contributed by atoms with Gasteiger partial charge in [0.15, 0.2) is 0 Å². The second kappa shape index (κ2) is 12.2. The fourth-order valence-corrected chi connectivity index (χ4v) is 7.17. The van der Waals surface area contributed by atoms with Crippen molar-refractivity contribution in [2.75, 3.05) is 16.0 Å². The van der Waals surface area contributed by atoms with Crippen molar-refractivity contribution in [3.05, 3.63) is 168 Å². The molecule has 0 amide bonds. The average Bonchev–Trinajstić information content (AvgIpc) is 3.48. The van der Waals surface area contributed by atoms with Crippen LogP contribution in [0.2, 0.25) is 0 Å². The van der Waals surface area contributed by atoms with Crippen molar-refractivity contribution in [3.63, 3.8) is 0 Å². The van der Waals surface area contributed by atoms with Gasteiger partial charge in [-0.1, -0.05) is 103 Å². The van der Waals surface area contributed by atoms with E-state index >= 15 is 0 Å². The van der Waals surface area contributed by atoms with Crippen LogP contribution in [0.25, 0.3) is 16.5 Å². The van der Waals surface area contributed by atoms with Crippen molar-refractivity contribution in [2.24, 2.45) is 10.7 Å². The zero-order chi connectivity index (χ0) is 31.7. The Hall–Kier alpha value is -5.75. The normalized spacial score (nSPS) is 22.2. The third-order valence-corrected chi connectivity index (χ3v) is 9.71. The van der Waals surface area contributed by atoms with Crippen molar-refractivity contribution >= 4 is 39.7 Å². The Bertz CT molecular complexity index is 2050. The van der Waals surface area contributed by atoms with E-state index < -0.39 is 0 Å². The van der Waals surface area contributed by atoms with Gasteiger partial charge in [0.25, 0.3) is 0 Å². The minimum atomic E-state index is -0.0962. The highest BCUT2D eigenvalue weighted by atomic mass is 15.4. The molecule has 2 heterocycles. The van der Waals surface area contributed by atoms with Crippen LogP contribution in [0.3, 0.4) is 0 Å². The molecule has 5 aromatic carbocycles. The summed E-state index contributed by atoms with van der Waals surface area (Å²) in [6.07, 6.45) is 10.0. The van der Waals surface area contributed by atoms with Gasteiger partial charge in [-0.2, -0.15) is 0 Å². The van der Waals surface area contributed by atoms with Crippen molar-refractivity contribution < 1.29 is 0 Å². The van der Waals surface area contributed by atoms with Crippen molar-refractivity contribution in [3.8, 4) is 0 Å². The van der Waals surface area contributed by atoms with Crippen LogP contribution in [-0.4, -0.2) is 18.3 Å². The summed E-state index contributed by atoms with van der Waals surface area (Å²) in [6.45, 7) is 0. The van der Waals surface area contributed by atoms with Crippen molar-refractivity contribution in [2.45, 2.75) is 37.1 Å². The van der Waals surface area contributed by atoms with Crippen LogP contribution >= 0.6 is 0 Å². The fourth-order valence-electron chi connectivity index (χ4n) is 7.17. The lowest BCUT2D eigenvalue weighted by Gasteiger charge is -2.44. The molecular formula is C41H38N6. The Balaban J connectivity index is 1.12. The number of fused-ring (bicyclic) bond motifs is 2. The quantitative estimate of drug-likeness (QED) is 0.110. The van der Waals surface area contributed by atoms with Crippen molar-refractivity contribution in [1.29, 1.82) is 0 Å². The number of allylic oxidation sites excluding steroid dienone is 3. The third kappa shape index (κ3) is 5.32. The maximum atomic E-state index is 6.73. The van der Waals surface area contributed by atoms with Crippen LogP contribution in [0.4, 0.5) is 17.1 Å². The number of hydrogen-bond donors (Lipinski definition) is 4. The van der Waals surface area contributed by atoms with Crippen LogP contribution in [0.1, 0.15) is 41.7 Å². The molecule has 8 rings (SSSR count). The lowest BCUT2D eigenvalue weighted by molar-refractivity contribution is 0.318. The van der Waals surface area contributed by atoms with Crippen LogP contribution in [0.15, 0.2) is 156 Å². The Morgan fingerprint density at radius 2 is 1.53 bits per heavy atom. The second-order valence-corrected chi connectivity index (χ2v) is 12.5. The number of nitrogen functional groups attached to an aromatic ring is 1. The summed E-state index contributed by atoms with van der Waals surface area (Å²) in [7, 11) is 0. The molecule has 5 aromatic rings. The standard InChI is InChI=1S/C41H38N6/c42-25-31(30-23-36(28-12-3-1-4-13-28)45-37(24-30)29-14-5-2-6-15-29)26-44-34-21-22-39(34)47-38-18-10-9-17-35(38)46-41(47)40-32-16-8-7-11-27(32)19-20-33(40)43/h1-20,23-26,34,36,39,41,45-46H,21-22,42-43H2/b31-25+,44-26?. The second-order valence-electron chi connectivity index (χ2n) is 12.5. The number of rotatable bonds is 7. The van der Waals surface area contributed by atoms with E-state index in [0.717, 1.165) is 52.2 Å². The highest BCUT2D eigenvalue weighted by Crippen LogP contribution is 2.49. The number of hydrogen-bond acceptors (Lipinski definition) is 6. The van der Waals surface area contributed by atoms with Crippen LogP contribution in [0, 0.1) is 0 Å². The number of para-hydroxylation sites is 2. The molecule has 0 spiro atoms. The van der Waals surface area contributed by atoms with E-state index in [1.807, 2.05) is 24.4 Å². The molecule has 0 saturated heterocycles. The first-order valence-electron chi connectivity index (χ1n) is 16.3. The van der Waals surface area contributed by atoms with Gasteiger partial charge in [-0.05, 0) is 70.7 Å². The first-order valence-corrected chi connectivity index (χ1v) is 16.3. The molecule has 1 aliphatic carbocycles. The molecule has 0 aromatic heterocycles. The minimum Gasteiger partial charge on any atom is -0.404 e. The summed E-state index contributed by atoms with van der Waals surface area (Å²) in [5.41, 5.74) is 22.6. The smallest absolute Gasteiger partial charge is 0.129 e. The van der Waals surface area contributed by atoms with Gasteiger partial charge in [-0.3, -0.25) is 4.99 Å². The Morgan fingerprint density at radius 1 is 0.787 bits per heavy atom. The number of dihydropyridines is 1. The highest BCUT2D eigenvalue weighted by Gasteiger charge is 2.43. The SMILES string of the molecule is N/C=C(\C=NC1CCC1N1c2ccccc2NC1c1c(N)ccc2ccccc12)C1=CC(c2ccccc2)NC(c2ccccc2)=C1. The number of aliphatic imine (C=N–C) groups is 1. The Morgan fingerprint density at radius 3 is 2.32 bits per heavy atom. The van der Waals surface area contributed by atoms with Crippen LogP contribution in [0.5, 0.6) is 0 Å². The van der Waals surface area contributed by atoms with E-state index in [4.69, 9.17) is 16.5 Å². The van der Waals surface area contributed by atoms with Gasteiger partial charge in [-0.25, -0.2) is 0 Å². The topological polar surface area (TPSA) is 91.7 Å². The number of benzene rings is 5. The lowest BCUT2D eigenvalue weighted by atomic mass is 9.84. The summed E-state index contributed by atoms with van der Waals surface area (Å²) in [4.78, 5) is 7.73. The maximum absolute atomic E-state index is 6.73. The monoisotopic (exact) mass is 614 g/mol. The zero-order valence-electron chi connectivity index (χ0n) is 26.1. The maximum Gasteiger partial charge on any atom is 0.129 e. The van der Waals surface area contributed by atoms with E-state index in [1.165, 1.54) is 22.0 Å².